The Bertz CT molecular complexity index is 670. The molecule has 1 aliphatic heterocycles. The Kier molecular flexibility index (Phi) is 5.15. The first-order valence-corrected chi connectivity index (χ1v) is 8.16. The lowest BCUT2D eigenvalue weighted by atomic mass is 10.2. The van der Waals surface area contributed by atoms with E-state index >= 15 is 0 Å². The SMILES string of the molecule is COc1cc(CN2CCC(Nc3cncc(C)n3)C2)cc(OC)c1. The molecule has 128 valence electrons. The van der Waals surface area contributed by atoms with E-state index in [-0.39, 0.29) is 0 Å². The minimum Gasteiger partial charge on any atom is -0.497 e. The van der Waals surface area contributed by atoms with Crippen molar-refractivity contribution in [1.82, 2.24) is 14.9 Å². The van der Waals surface area contributed by atoms with Gasteiger partial charge < -0.3 is 14.8 Å². The van der Waals surface area contributed by atoms with Crippen molar-refractivity contribution < 1.29 is 9.47 Å². The number of anilines is 1. The number of nitrogens with zero attached hydrogens (tertiary/aromatic N) is 3. The summed E-state index contributed by atoms with van der Waals surface area (Å²) in [7, 11) is 3.36. The van der Waals surface area contributed by atoms with Crippen LogP contribution in [0.15, 0.2) is 30.6 Å². The molecule has 0 saturated carbocycles. The van der Waals surface area contributed by atoms with Crippen molar-refractivity contribution in [1.29, 1.82) is 0 Å². The topological polar surface area (TPSA) is 59.5 Å². The molecular weight excluding hydrogens is 304 g/mol. The van der Waals surface area contributed by atoms with Crippen LogP contribution in [0.2, 0.25) is 0 Å². The number of methoxy groups -OCH3 is 2. The number of likely N-dealkylation sites (tertiary alicyclic amines) is 1. The standard InChI is InChI=1S/C18H24N4O2/c1-13-9-19-10-18(20-13)21-15-4-5-22(12-15)11-14-6-16(23-2)8-17(7-14)24-3/h6-10,15H,4-5,11-12H2,1-3H3,(H,20,21). The Morgan fingerprint density at radius 3 is 2.58 bits per heavy atom. The van der Waals surface area contributed by atoms with Gasteiger partial charge in [0.05, 0.1) is 26.1 Å². The second-order valence-electron chi connectivity index (χ2n) is 6.13. The lowest BCUT2D eigenvalue weighted by molar-refractivity contribution is 0.326. The summed E-state index contributed by atoms with van der Waals surface area (Å²) in [5, 5.41) is 3.48. The Morgan fingerprint density at radius 2 is 1.92 bits per heavy atom. The first kappa shape index (κ1) is 16.5. The predicted molar refractivity (Wildman–Crippen MR) is 93.6 cm³/mol. The van der Waals surface area contributed by atoms with E-state index in [2.05, 4.69) is 32.3 Å². The molecule has 1 aliphatic rings. The van der Waals surface area contributed by atoms with Crippen LogP contribution in [-0.2, 0) is 6.54 Å². The molecule has 0 amide bonds. The maximum atomic E-state index is 5.35. The Hall–Kier alpha value is -2.34. The van der Waals surface area contributed by atoms with Gasteiger partial charge in [-0.2, -0.15) is 0 Å². The molecule has 0 bridgehead atoms. The molecule has 3 rings (SSSR count). The molecule has 1 unspecified atom stereocenters. The molecular formula is C18H24N4O2. The second-order valence-corrected chi connectivity index (χ2v) is 6.13. The largest absolute Gasteiger partial charge is 0.497 e. The molecule has 1 aromatic heterocycles. The van der Waals surface area contributed by atoms with E-state index < -0.39 is 0 Å². The van der Waals surface area contributed by atoms with Crippen LogP contribution in [0.25, 0.3) is 0 Å². The Labute approximate surface area is 142 Å². The van der Waals surface area contributed by atoms with Crippen LogP contribution in [-0.4, -0.2) is 48.2 Å². The molecule has 0 aliphatic carbocycles. The fraction of sp³-hybridized carbons (Fsp3) is 0.444. The molecule has 2 heterocycles. The summed E-state index contributed by atoms with van der Waals surface area (Å²) in [6.07, 6.45) is 4.64. The van der Waals surface area contributed by atoms with E-state index in [9.17, 15) is 0 Å². The lowest BCUT2D eigenvalue weighted by Crippen LogP contribution is -2.26. The van der Waals surface area contributed by atoms with Gasteiger partial charge in [0.15, 0.2) is 0 Å². The summed E-state index contributed by atoms with van der Waals surface area (Å²) in [6, 6.07) is 6.42. The zero-order chi connectivity index (χ0) is 16.9. The summed E-state index contributed by atoms with van der Waals surface area (Å²) in [5.41, 5.74) is 2.13. The van der Waals surface area contributed by atoms with Crippen LogP contribution in [0.4, 0.5) is 5.82 Å². The van der Waals surface area contributed by atoms with E-state index in [4.69, 9.17) is 9.47 Å². The third-order valence-electron chi connectivity index (χ3n) is 4.20. The molecule has 1 aromatic carbocycles. The van der Waals surface area contributed by atoms with Gasteiger partial charge in [-0.15, -0.1) is 0 Å². The zero-order valence-corrected chi connectivity index (χ0v) is 14.5. The first-order chi connectivity index (χ1) is 11.7. The average molecular weight is 328 g/mol. The highest BCUT2D eigenvalue weighted by molar-refractivity contribution is 5.38. The number of rotatable bonds is 6. The molecule has 0 spiro atoms. The Balaban J connectivity index is 1.60. The van der Waals surface area contributed by atoms with Crippen molar-refractivity contribution in [3.8, 4) is 11.5 Å². The van der Waals surface area contributed by atoms with Gasteiger partial charge in [-0.3, -0.25) is 9.88 Å². The van der Waals surface area contributed by atoms with Crippen molar-refractivity contribution in [2.75, 3.05) is 32.6 Å². The summed E-state index contributed by atoms with van der Waals surface area (Å²) in [6.45, 7) is 4.87. The number of aryl methyl sites for hydroxylation is 1. The molecule has 6 nitrogen and oxygen atoms in total. The van der Waals surface area contributed by atoms with Crippen molar-refractivity contribution in [2.45, 2.75) is 25.9 Å². The molecule has 6 heteroatoms. The fourth-order valence-electron chi connectivity index (χ4n) is 3.05. The normalized spacial score (nSPS) is 17.7. The summed E-state index contributed by atoms with van der Waals surface area (Å²) >= 11 is 0. The van der Waals surface area contributed by atoms with Gasteiger partial charge in [-0.05, 0) is 31.0 Å². The van der Waals surface area contributed by atoms with E-state index in [1.54, 1.807) is 26.6 Å². The molecule has 24 heavy (non-hydrogen) atoms. The van der Waals surface area contributed by atoms with Crippen molar-refractivity contribution in [3.05, 3.63) is 41.9 Å². The van der Waals surface area contributed by atoms with Crippen LogP contribution >= 0.6 is 0 Å². The lowest BCUT2D eigenvalue weighted by Gasteiger charge is -2.18. The van der Waals surface area contributed by atoms with Crippen LogP contribution in [0.1, 0.15) is 17.7 Å². The smallest absolute Gasteiger partial charge is 0.145 e. The zero-order valence-electron chi connectivity index (χ0n) is 14.5. The van der Waals surface area contributed by atoms with Gasteiger partial charge in [0.1, 0.15) is 17.3 Å². The Morgan fingerprint density at radius 1 is 1.17 bits per heavy atom. The first-order valence-electron chi connectivity index (χ1n) is 8.16. The number of benzene rings is 1. The van der Waals surface area contributed by atoms with E-state index in [0.29, 0.717) is 6.04 Å². The highest BCUT2D eigenvalue weighted by Crippen LogP contribution is 2.25. The van der Waals surface area contributed by atoms with Gasteiger partial charge in [0.25, 0.3) is 0 Å². The third kappa shape index (κ3) is 4.14. The molecule has 2 aromatic rings. The third-order valence-corrected chi connectivity index (χ3v) is 4.20. The molecule has 1 fully saturated rings. The van der Waals surface area contributed by atoms with Gasteiger partial charge in [-0.25, -0.2) is 4.98 Å². The number of hydrogen-bond donors (Lipinski definition) is 1. The van der Waals surface area contributed by atoms with Crippen LogP contribution in [0.3, 0.4) is 0 Å². The average Bonchev–Trinajstić information content (AvgIpc) is 3.01. The number of nitrogens with one attached hydrogen (secondary N) is 1. The van der Waals surface area contributed by atoms with Gasteiger partial charge in [0.2, 0.25) is 0 Å². The highest BCUT2D eigenvalue weighted by atomic mass is 16.5. The van der Waals surface area contributed by atoms with E-state index in [1.165, 1.54) is 5.56 Å². The number of ether oxygens (including phenoxy) is 2. The maximum absolute atomic E-state index is 5.35. The van der Waals surface area contributed by atoms with E-state index in [1.807, 2.05) is 13.0 Å². The van der Waals surface area contributed by atoms with Gasteiger partial charge in [-0.1, -0.05) is 0 Å². The summed E-state index contributed by atoms with van der Waals surface area (Å²) in [5.74, 6) is 2.51. The summed E-state index contributed by atoms with van der Waals surface area (Å²) in [4.78, 5) is 11.1. The van der Waals surface area contributed by atoms with Crippen LogP contribution < -0.4 is 14.8 Å². The molecule has 0 radical (unpaired) electrons. The quantitative estimate of drug-likeness (QED) is 0.879. The van der Waals surface area contributed by atoms with E-state index in [0.717, 1.165) is 49.1 Å². The highest BCUT2D eigenvalue weighted by Gasteiger charge is 2.23. The maximum Gasteiger partial charge on any atom is 0.145 e. The minimum atomic E-state index is 0.397. The summed E-state index contributed by atoms with van der Waals surface area (Å²) < 4.78 is 10.7. The minimum absolute atomic E-state index is 0.397. The van der Waals surface area contributed by atoms with Crippen molar-refractivity contribution in [3.63, 3.8) is 0 Å². The monoisotopic (exact) mass is 328 g/mol. The molecule has 1 N–H and O–H groups in total. The molecule has 1 saturated heterocycles. The van der Waals surface area contributed by atoms with Gasteiger partial charge >= 0.3 is 0 Å². The van der Waals surface area contributed by atoms with Crippen molar-refractivity contribution in [2.24, 2.45) is 0 Å². The number of hydrogen-bond acceptors (Lipinski definition) is 6. The van der Waals surface area contributed by atoms with Crippen molar-refractivity contribution >= 4 is 5.82 Å². The van der Waals surface area contributed by atoms with Crippen LogP contribution in [0, 0.1) is 6.92 Å². The number of aromatic nitrogens is 2. The van der Waals surface area contributed by atoms with Gasteiger partial charge in [0, 0.05) is 37.9 Å². The predicted octanol–water partition coefficient (Wildman–Crippen LogP) is 2.49. The van der Waals surface area contributed by atoms with Crippen LogP contribution in [0.5, 0.6) is 11.5 Å². The molecule has 1 atom stereocenters. The second kappa shape index (κ2) is 7.49. The fourth-order valence-corrected chi connectivity index (χ4v) is 3.05.